The molecule has 0 saturated heterocycles. The van der Waals surface area contributed by atoms with Gasteiger partial charge in [0.05, 0.1) is 13.2 Å². The number of hydrogen-bond donors (Lipinski definition) is 2. The summed E-state index contributed by atoms with van der Waals surface area (Å²) in [4.78, 5) is 22.4. The Bertz CT molecular complexity index is 217. The first kappa shape index (κ1) is 17.9. The molecular formula is C13H24O6. The zero-order valence-corrected chi connectivity index (χ0v) is 11.3. The maximum absolute atomic E-state index is 11.2. The summed E-state index contributed by atoms with van der Waals surface area (Å²) in [5.74, 6) is -1.16. The van der Waals surface area contributed by atoms with E-state index in [9.17, 15) is 9.59 Å². The minimum atomic E-state index is -0.579. The van der Waals surface area contributed by atoms with E-state index < -0.39 is 11.9 Å². The van der Waals surface area contributed by atoms with Crippen molar-refractivity contribution in [3.8, 4) is 0 Å². The van der Waals surface area contributed by atoms with Crippen molar-refractivity contribution in [2.75, 3.05) is 26.4 Å². The topological polar surface area (TPSA) is 93.1 Å². The summed E-state index contributed by atoms with van der Waals surface area (Å²) in [6.45, 7) is 0.804. The van der Waals surface area contributed by atoms with Crippen LogP contribution >= 0.6 is 0 Å². The second-order valence-electron chi connectivity index (χ2n) is 4.19. The Kier molecular flexibility index (Phi) is 12.5. The van der Waals surface area contributed by atoms with Gasteiger partial charge in [-0.3, -0.25) is 9.59 Å². The van der Waals surface area contributed by atoms with Crippen LogP contribution in [0.15, 0.2) is 0 Å². The summed E-state index contributed by atoms with van der Waals surface area (Å²) in [7, 11) is 0. The van der Waals surface area contributed by atoms with Gasteiger partial charge >= 0.3 is 11.9 Å². The van der Waals surface area contributed by atoms with Gasteiger partial charge < -0.3 is 19.7 Å². The van der Waals surface area contributed by atoms with E-state index in [1.807, 2.05) is 0 Å². The molecule has 0 aromatic carbocycles. The molecule has 0 spiro atoms. The number of rotatable bonds is 12. The largest absolute Gasteiger partial charge is 0.465 e. The molecular weight excluding hydrogens is 252 g/mol. The highest BCUT2D eigenvalue weighted by molar-refractivity contribution is 5.91. The van der Waals surface area contributed by atoms with Gasteiger partial charge in [0.2, 0.25) is 0 Å². The normalized spacial score (nSPS) is 10.2. The second kappa shape index (κ2) is 13.3. The quantitative estimate of drug-likeness (QED) is 0.311. The lowest BCUT2D eigenvalue weighted by molar-refractivity contribution is -0.154. The van der Waals surface area contributed by atoms with Gasteiger partial charge in [-0.2, -0.15) is 0 Å². The first-order valence-corrected chi connectivity index (χ1v) is 6.73. The van der Waals surface area contributed by atoms with Crippen LogP contribution in [0.25, 0.3) is 0 Å². The summed E-state index contributed by atoms with van der Waals surface area (Å²) in [6, 6.07) is 0. The molecule has 0 bridgehead atoms. The van der Waals surface area contributed by atoms with Crippen LogP contribution in [-0.2, 0) is 19.1 Å². The molecule has 112 valence electrons. The SMILES string of the molecule is O=C(CC(=O)OCCCCCO)OCCCCCO. The van der Waals surface area contributed by atoms with Gasteiger partial charge in [-0.05, 0) is 38.5 Å². The Morgan fingerprint density at radius 1 is 0.684 bits per heavy atom. The Labute approximate surface area is 113 Å². The molecule has 0 amide bonds. The number of ether oxygens (including phenoxy) is 2. The lowest BCUT2D eigenvalue weighted by atomic mass is 10.2. The zero-order valence-electron chi connectivity index (χ0n) is 11.3. The second-order valence-corrected chi connectivity index (χ2v) is 4.19. The average molecular weight is 276 g/mol. The number of aliphatic hydroxyl groups is 2. The number of unbranched alkanes of at least 4 members (excludes halogenated alkanes) is 4. The molecule has 0 aromatic rings. The van der Waals surface area contributed by atoms with Crippen LogP contribution in [0, 0.1) is 0 Å². The van der Waals surface area contributed by atoms with Gasteiger partial charge in [0.15, 0.2) is 0 Å². The molecule has 19 heavy (non-hydrogen) atoms. The van der Waals surface area contributed by atoms with E-state index in [1.165, 1.54) is 0 Å². The molecule has 0 heterocycles. The molecule has 0 aliphatic carbocycles. The third kappa shape index (κ3) is 13.1. The summed E-state index contributed by atoms with van der Waals surface area (Å²) < 4.78 is 9.70. The van der Waals surface area contributed by atoms with Crippen molar-refractivity contribution >= 4 is 11.9 Å². The number of esters is 2. The van der Waals surface area contributed by atoms with Gasteiger partial charge in [-0.1, -0.05) is 0 Å². The monoisotopic (exact) mass is 276 g/mol. The third-order valence-electron chi connectivity index (χ3n) is 2.42. The molecule has 0 aliphatic rings. The minimum Gasteiger partial charge on any atom is -0.465 e. The first-order valence-electron chi connectivity index (χ1n) is 6.73. The molecule has 0 radical (unpaired) electrons. The number of carbonyl (C=O) groups is 2. The third-order valence-corrected chi connectivity index (χ3v) is 2.42. The molecule has 0 atom stereocenters. The van der Waals surface area contributed by atoms with Gasteiger partial charge in [0.25, 0.3) is 0 Å². The fourth-order valence-electron chi connectivity index (χ4n) is 1.37. The van der Waals surface area contributed by atoms with Crippen molar-refractivity contribution in [1.29, 1.82) is 0 Å². The average Bonchev–Trinajstić information content (AvgIpc) is 2.38. The number of hydrogen-bond acceptors (Lipinski definition) is 6. The van der Waals surface area contributed by atoms with E-state index in [-0.39, 0.29) is 32.8 Å². The van der Waals surface area contributed by atoms with E-state index >= 15 is 0 Å². The summed E-state index contributed by atoms with van der Waals surface area (Å²) in [6.07, 6.45) is 3.96. The summed E-state index contributed by atoms with van der Waals surface area (Å²) in [5.41, 5.74) is 0. The zero-order chi connectivity index (χ0) is 14.3. The predicted molar refractivity (Wildman–Crippen MR) is 68.4 cm³/mol. The van der Waals surface area contributed by atoms with Crippen LogP contribution in [0.3, 0.4) is 0 Å². The maximum Gasteiger partial charge on any atom is 0.317 e. The van der Waals surface area contributed by atoms with Crippen LogP contribution in [-0.4, -0.2) is 48.6 Å². The molecule has 0 fully saturated rings. The molecule has 0 aromatic heterocycles. The molecule has 6 heteroatoms. The van der Waals surface area contributed by atoms with Crippen molar-refractivity contribution in [1.82, 2.24) is 0 Å². The van der Waals surface area contributed by atoms with Crippen LogP contribution < -0.4 is 0 Å². The molecule has 0 saturated carbocycles. The van der Waals surface area contributed by atoms with Crippen molar-refractivity contribution in [2.45, 2.75) is 44.9 Å². The fraction of sp³-hybridized carbons (Fsp3) is 0.846. The molecule has 0 aliphatic heterocycles. The molecule has 0 rings (SSSR count). The molecule has 2 N–H and O–H groups in total. The highest BCUT2D eigenvalue weighted by Crippen LogP contribution is 1.99. The van der Waals surface area contributed by atoms with Crippen LogP contribution in [0.4, 0.5) is 0 Å². The van der Waals surface area contributed by atoms with E-state index in [1.54, 1.807) is 0 Å². The predicted octanol–water partition coefficient (Wildman–Crippen LogP) is 0.788. The van der Waals surface area contributed by atoms with Crippen molar-refractivity contribution in [3.63, 3.8) is 0 Å². The van der Waals surface area contributed by atoms with Crippen LogP contribution in [0.5, 0.6) is 0 Å². The number of carbonyl (C=O) groups excluding carboxylic acids is 2. The lowest BCUT2D eigenvalue weighted by Gasteiger charge is -2.05. The Morgan fingerprint density at radius 3 is 1.47 bits per heavy atom. The molecule has 0 unspecified atom stereocenters. The van der Waals surface area contributed by atoms with E-state index in [2.05, 4.69) is 0 Å². The smallest absolute Gasteiger partial charge is 0.317 e. The maximum atomic E-state index is 11.2. The highest BCUT2D eigenvalue weighted by Gasteiger charge is 2.11. The van der Waals surface area contributed by atoms with Gasteiger partial charge in [-0.25, -0.2) is 0 Å². The molecule has 6 nitrogen and oxygen atoms in total. The lowest BCUT2D eigenvalue weighted by Crippen LogP contribution is -2.15. The Balaban J connectivity index is 3.40. The van der Waals surface area contributed by atoms with Crippen LogP contribution in [0.2, 0.25) is 0 Å². The van der Waals surface area contributed by atoms with Gasteiger partial charge in [0, 0.05) is 13.2 Å². The van der Waals surface area contributed by atoms with Crippen LogP contribution in [0.1, 0.15) is 44.9 Å². The fourth-order valence-corrected chi connectivity index (χ4v) is 1.37. The Hall–Kier alpha value is -1.14. The minimum absolute atomic E-state index is 0.135. The highest BCUT2D eigenvalue weighted by atomic mass is 16.6. The Morgan fingerprint density at radius 2 is 1.11 bits per heavy atom. The van der Waals surface area contributed by atoms with Gasteiger partial charge in [-0.15, -0.1) is 0 Å². The summed E-state index contributed by atoms with van der Waals surface area (Å²) >= 11 is 0. The van der Waals surface area contributed by atoms with Crippen molar-refractivity contribution in [2.24, 2.45) is 0 Å². The first-order chi connectivity index (χ1) is 9.20. The standard InChI is InChI=1S/C13H24O6/c14-7-3-1-5-9-18-12(16)11-13(17)19-10-6-2-4-8-15/h14-15H,1-11H2. The van der Waals surface area contributed by atoms with E-state index in [0.717, 1.165) is 12.8 Å². The van der Waals surface area contributed by atoms with Crippen molar-refractivity contribution in [3.05, 3.63) is 0 Å². The summed E-state index contributed by atoms with van der Waals surface area (Å²) in [5, 5.41) is 17.1. The van der Waals surface area contributed by atoms with Crippen molar-refractivity contribution < 1.29 is 29.3 Å². The van der Waals surface area contributed by atoms with E-state index in [0.29, 0.717) is 25.7 Å². The van der Waals surface area contributed by atoms with Gasteiger partial charge in [0.1, 0.15) is 6.42 Å². The number of aliphatic hydroxyl groups excluding tert-OH is 2. The van der Waals surface area contributed by atoms with E-state index in [4.69, 9.17) is 19.7 Å².